The van der Waals surface area contributed by atoms with Gasteiger partial charge in [0, 0.05) is 23.1 Å². The third-order valence-electron chi connectivity index (χ3n) is 1.85. The van der Waals surface area contributed by atoms with Crippen LogP contribution in [0.15, 0.2) is 18.2 Å². The fourth-order valence-corrected chi connectivity index (χ4v) is 1.52. The highest BCUT2D eigenvalue weighted by atomic mass is 127. The predicted molar refractivity (Wildman–Crippen MR) is 63.5 cm³/mol. The normalized spacial score (nSPS) is 10.2. The lowest BCUT2D eigenvalue weighted by atomic mass is 10.2. The third-order valence-corrected chi connectivity index (χ3v) is 2.39. The molecule has 0 amide bonds. The number of alkyl halides is 1. The molecule has 1 aromatic carbocycles. The zero-order valence-corrected chi connectivity index (χ0v) is 10.2. The van der Waals surface area contributed by atoms with Gasteiger partial charge in [0.2, 0.25) is 0 Å². The quantitative estimate of drug-likeness (QED) is 0.512. The van der Waals surface area contributed by atoms with Crippen molar-refractivity contribution in [3.05, 3.63) is 29.6 Å². The van der Waals surface area contributed by atoms with Gasteiger partial charge in [-0.25, -0.2) is 4.39 Å². The summed E-state index contributed by atoms with van der Waals surface area (Å²) in [6.45, 7) is 1.43. The highest BCUT2D eigenvalue weighted by molar-refractivity contribution is 14.1. The van der Waals surface area contributed by atoms with E-state index >= 15 is 0 Å². The monoisotopic (exact) mass is 309 g/mol. The summed E-state index contributed by atoms with van der Waals surface area (Å²) >= 11 is 2.27. The third kappa shape index (κ3) is 3.09. The van der Waals surface area contributed by atoms with Gasteiger partial charge in [-0.2, -0.15) is 0 Å². The molecule has 0 aliphatic rings. The number of hydrogen-bond donors (Lipinski definition) is 1. The molecule has 0 radical (unpaired) electrons. The SMILES string of the molecule is COc1cccc(CNCCI)c1F. The molecular formula is C10H13FINO. The Bertz CT molecular complexity index is 293. The number of halogens is 2. The van der Waals surface area contributed by atoms with Crippen molar-refractivity contribution in [3.8, 4) is 5.75 Å². The van der Waals surface area contributed by atoms with Crippen LogP contribution in [0, 0.1) is 5.82 Å². The zero-order chi connectivity index (χ0) is 10.4. The molecule has 0 atom stereocenters. The summed E-state index contributed by atoms with van der Waals surface area (Å²) in [5.41, 5.74) is 0.647. The highest BCUT2D eigenvalue weighted by Gasteiger charge is 2.06. The summed E-state index contributed by atoms with van der Waals surface area (Å²) in [4.78, 5) is 0. The molecule has 0 heterocycles. The van der Waals surface area contributed by atoms with Crippen molar-refractivity contribution in [2.24, 2.45) is 0 Å². The van der Waals surface area contributed by atoms with Crippen molar-refractivity contribution in [1.82, 2.24) is 5.32 Å². The minimum absolute atomic E-state index is 0.268. The standard InChI is InChI=1S/C10H13FINO/c1-14-9-4-2-3-8(10(9)11)7-13-6-5-12/h2-4,13H,5-7H2,1H3. The van der Waals surface area contributed by atoms with E-state index in [1.54, 1.807) is 18.2 Å². The van der Waals surface area contributed by atoms with Gasteiger partial charge in [-0.15, -0.1) is 0 Å². The average Bonchev–Trinajstić information content (AvgIpc) is 2.21. The second kappa shape index (κ2) is 6.19. The fourth-order valence-electron chi connectivity index (χ4n) is 1.14. The van der Waals surface area contributed by atoms with E-state index in [0.29, 0.717) is 17.9 Å². The molecule has 0 saturated heterocycles. The molecule has 0 fully saturated rings. The molecule has 0 aromatic heterocycles. The Morgan fingerprint density at radius 3 is 2.93 bits per heavy atom. The molecule has 14 heavy (non-hydrogen) atoms. The number of benzene rings is 1. The maximum atomic E-state index is 13.5. The summed E-state index contributed by atoms with van der Waals surface area (Å²) in [7, 11) is 1.47. The van der Waals surface area contributed by atoms with Crippen LogP contribution < -0.4 is 10.1 Å². The van der Waals surface area contributed by atoms with Crippen LogP contribution in [0.25, 0.3) is 0 Å². The summed E-state index contributed by atoms with van der Waals surface area (Å²) in [6.07, 6.45) is 0. The lowest BCUT2D eigenvalue weighted by molar-refractivity contribution is 0.383. The van der Waals surface area contributed by atoms with Crippen LogP contribution >= 0.6 is 22.6 Å². The molecule has 2 nitrogen and oxygen atoms in total. The Balaban J connectivity index is 2.66. The molecule has 0 unspecified atom stereocenters. The number of nitrogens with one attached hydrogen (secondary N) is 1. The molecule has 1 N–H and O–H groups in total. The molecule has 0 aliphatic carbocycles. The van der Waals surface area contributed by atoms with Gasteiger partial charge in [-0.3, -0.25) is 0 Å². The molecule has 0 aliphatic heterocycles. The highest BCUT2D eigenvalue weighted by Crippen LogP contribution is 2.19. The Kier molecular flexibility index (Phi) is 5.17. The maximum Gasteiger partial charge on any atom is 0.169 e. The van der Waals surface area contributed by atoms with E-state index in [0.717, 1.165) is 11.0 Å². The minimum Gasteiger partial charge on any atom is -0.494 e. The van der Waals surface area contributed by atoms with E-state index in [-0.39, 0.29) is 5.82 Å². The molecule has 0 spiro atoms. The number of rotatable bonds is 5. The van der Waals surface area contributed by atoms with Crippen LogP contribution in [0.1, 0.15) is 5.56 Å². The van der Waals surface area contributed by atoms with Gasteiger partial charge in [0.25, 0.3) is 0 Å². The van der Waals surface area contributed by atoms with Crippen molar-refractivity contribution in [2.45, 2.75) is 6.54 Å². The van der Waals surface area contributed by atoms with Gasteiger partial charge in [0.15, 0.2) is 11.6 Å². The van der Waals surface area contributed by atoms with Gasteiger partial charge in [0.1, 0.15) is 0 Å². The topological polar surface area (TPSA) is 21.3 Å². The van der Waals surface area contributed by atoms with Gasteiger partial charge < -0.3 is 10.1 Å². The summed E-state index contributed by atoms with van der Waals surface area (Å²) < 4.78 is 19.4. The Morgan fingerprint density at radius 2 is 2.29 bits per heavy atom. The van der Waals surface area contributed by atoms with Crippen molar-refractivity contribution in [1.29, 1.82) is 0 Å². The summed E-state index contributed by atoms with van der Waals surface area (Å²) in [5.74, 6) is 0.0368. The molecule has 0 bridgehead atoms. The first-order valence-electron chi connectivity index (χ1n) is 4.37. The number of methoxy groups -OCH3 is 1. The van der Waals surface area contributed by atoms with Crippen molar-refractivity contribution < 1.29 is 9.13 Å². The lowest BCUT2D eigenvalue weighted by Gasteiger charge is -2.07. The van der Waals surface area contributed by atoms with E-state index < -0.39 is 0 Å². The van der Waals surface area contributed by atoms with Gasteiger partial charge in [-0.05, 0) is 6.07 Å². The van der Waals surface area contributed by atoms with Crippen LogP contribution in [0.4, 0.5) is 4.39 Å². The van der Waals surface area contributed by atoms with E-state index in [1.165, 1.54) is 7.11 Å². The van der Waals surface area contributed by atoms with Gasteiger partial charge in [-0.1, -0.05) is 34.7 Å². The maximum absolute atomic E-state index is 13.5. The first-order chi connectivity index (χ1) is 6.79. The molecular weight excluding hydrogens is 296 g/mol. The largest absolute Gasteiger partial charge is 0.494 e. The summed E-state index contributed by atoms with van der Waals surface area (Å²) in [5, 5.41) is 3.14. The second-order valence-electron chi connectivity index (χ2n) is 2.80. The zero-order valence-electron chi connectivity index (χ0n) is 8.02. The molecule has 78 valence electrons. The van der Waals surface area contributed by atoms with Gasteiger partial charge in [0.05, 0.1) is 7.11 Å². The first-order valence-corrected chi connectivity index (χ1v) is 5.90. The molecule has 0 saturated carbocycles. The number of hydrogen-bond acceptors (Lipinski definition) is 2. The van der Waals surface area contributed by atoms with Crippen molar-refractivity contribution in [3.63, 3.8) is 0 Å². The first kappa shape index (κ1) is 11.7. The summed E-state index contributed by atoms with van der Waals surface area (Å²) in [6, 6.07) is 5.18. The van der Waals surface area contributed by atoms with Crippen LogP contribution in [0.3, 0.4) is 0 Å². The smallest absolute Gasteiger partial charge is 0.169 e. The van der Waals surface area contributed by atoms with Gasteiger partial charge >= 0.3 is 0 Å². The Labute approximate surface area is 97.0 Å². The second-order valence-corrected chi connectivity index (χ2v) is 3.88. The Morgan fingerprint density at radius 1 is 1.50 bits per heavy atom. The fraction of sp³-hybridized carbons (Fsp3) is 0.400. The Hall–Kier alpha value is -0.360. The lowest BCUT2D eigenvalue weighted by Crippen LogP contribution is -2.16. The molecule has 1 aromatic rings. The minimum atomic E-state index is -0.268. The van der Waals surface area contributed by atoms with Crippen LogP contribution in [0.2, 0.25) is 0 Å². The van der Waals surface area contributed by atoms with Crippen LogP contribution in [-0.2, 0) is 6.54 Å². The van der Waals surface area contributed by atoms with E-state index in [1.807, 2.05) is 0 Å². The molecule has 1 rings (SSSR count). The van der Waals surface area contributed by atoms with E-state index in [9.17, 15) is 4.39 Å². The molecule has 4 heteroatoms. The van der Waals surface area contributed by atoms with Crippen LogP contribution in [0.5, 0.6) is 5.75 Å². The van der Waals surface area contributed by atoms with Crippen molar-refractivity contribution >= 4 is 22.6 Å². The van der Waals surface area contributed by atoms with E-state index in [2.05, 4.69) is 27.9 Å². The average molecular weight is 309 g/mol. The number of ether oxygens (including phenoxy) is 1. The van der Waals surface area contributed by atoms with Crippen LogP contribution in [-0.4, -0.2) is 18.1 Å². The van der Waals surface area contributed by atoms with E-state index in [4.69, 9.17) is 4.74 Å². The van der Waals surface area contributed by atoms with Crippen molar-refractivity contribution in [2.75, 3.05) is 18.1 Å². The predicted octanol–water partition coefficient (Wildman–Crippen LogP) is 2.36.